The molecule has 1 aliphatic rings. The van der Waals surface area contributed by atoms with Crippen LogP contribution in [-0.2, 0) is 11.3 Å². The Balaban J connectivity index is 2.05. The Bertz CT molecular complexity index is 350. The summed E-state index contributed by atoms with van der Waals surface area (Å²) in [6, 6.07) is 0.0971. The van der Waals surface area contributed by atoms with Crippen LogP contribution in [0.1, 0.15) is 44.8 Å². The molecule has 17 heavy (non-hydrogen) atoms. The van der Waals surface area contributed by atoms with Crippen LogP contribution in [0.5, 0.6) is 0 Å². The van der Waals surface area contributed by atoms with Gasteiger partial charge < -0.3 is 15.0 Å². The van der Waals surface area contributed by atoms with Crippen molar-refractivity contribution in [3.8, 4) is 0 Å². The molecule has 2 unspecified atom stereocenters. The van der Waals surface area contributed by atoms with Crippen LogP contribution < -0.4 is 5.73 Å². The first-order valence-electron chi connectivity index (χ1n) is 6.63. The quantitative estimate of drug-likeness (QED) is 0.853. The number of imidazole rings is 1. The van der Waals surface area contributed by atoms with Crippen LogP contribution in [0.4, 0.5) is 0 Å². The maximum atomic E-state index is 6.09. The summed E-state index contributed by atoms with van der Waals surface area (Å²) in [5.74, 6) is 0.608. The summed E-state index contributed by atoms with van der Waals surface area (Å²) in [7, 11) is 0. The van der Waals surface area contributed by atoms with Gasteiger partial charge in [0.05, 0.1) is 18.1 Å². The first kappa shape index (κ1) is 12.6. The van der Waals surface area contributed by atoms with Gasteiger partial charge in [0.25, 0.3) is 0 Å². The highest BCUT2D eigenvalue weighted by atomic mass is 16.5. The SMILES string of the molecule is CCC1OCCC1Cn1cncc1[C@H](N)CC. The van der Waals surface area contributed by atoms with E-state index in [9.17, 15) is 0 Å². The Morgan fingerprint density at radius 2 is 2.41 bits per heavy atom. The molecule has 3 atom stereocenters. The van der Waals surface area contributed by atoms with Crippen molar-refractivity contribution in [2.24, 2.45) is 11.7 Å². The number of hydrogen-bond donors (Lipinski definition) is 1. The maximum absolute atomic E-state index is 6.09. The van der Waals surface area contributed by atoms with E-state index in [0.29, 0.717) is 12.0 Å². The molecule has 1 aromatic rings. The summed E-state index contributed by atoms with van der Waals surface area (Å²) in [5.41, 5.74) is 7.24. The number of rotatable bonds is 5. The summed E-state index contributed by atoms with van der Waals surface area (Å²) < 4.78 is 7.93. The van der Waals surface area contributed by atoms with Gasteiger partial charge in [0.1, 0.15) is 0 Å². The summed E-state index contributed by atoms with van der Waals surface area (Å²) in [5, 5.41) is 0. The molecule has 4 nitrogen and oxygen atoms in total. The van der Waals surface area contributed by atoms with E-state index < -0.39 is 0 Å². The van der Waals surface area contributed by atoms with E-state index in [-0.39, 0.29) is 6.04 Å². The zero-order valence-corrected chi connectivity index (χ0v) is 10.8. The van der Waals surface area contributed by atoms with E-state index in [1.54, 1.807) is 0 Å². The molecule has 0 amide bonds. The highest BCUT2D eigenvalue weighted by Gasteiger charge is 2.27. The largest absolute Gasteiger partial charge is 0.378 e. The fourth-order valence-electron chi connectivity index (χ4n) is 2.61. The molecule has 0 saturated carbocycles. The van der Waals surface area contributed by atoms with Crippen molar-refractivity contribution in [3.05, 3.63) is 18.2 Å². The second-order valence-corrected chi connectivity index (χ2v) is 4.85. The predicted molar refractivity (Wildman–Crippen MR) is 67.6 cm³/mol. The summed E-state index contributed by atoms with van der Waals surface area (Å²) >= 11 is 0. The topological polar surface area (TPSA) is 53.1 Å². The summed E-state index contributed by atoms with van der Waals surface area (Å²) in [6.07, 6.45) is 7.39. The van der Waals surface area contributed by atoms with Gasteiger partial charge in [-0.15, -0.1) is 0 Å². The molecule has 0 aliphatic carbocycles. The van der Waals surface area contributed by atoms with Gasteiger partial charge in [-0.2, -0.15) is 0 Å². The van der Waals surface area contributed by atoms with Crippen molar-refractivity contribution < 1.29 is 4.74 Å². The molecular weight excluding hydrogens is 214 g/mol. The lowest BCUT2D eigenvalue weighted by molar-refractivity contribution is 0.0832. The molecule has 4 heteroatoms. The lowest BCUT2D eigenvalue weighted by Crippen LogP contribution is -2.23. The average molecular weight is 237 g/mol. The summed E-state index contributed by atoms with van der Waals surface area (Å²) in [4.78, 5) is 4.23. The normalized spacial score (nSPS) is 26.3. The molecule has 2 heterocycles. The monoisotopic (exact) mass is 237 g/mol. The number of nitrogens with zero attached hydrogens (tertiary/aromatic N) is 2. The third kappa shape index (κ3) is 2.69. The first-order valence-corrected chi connectivity index (χ1v) is 6.63. The van der Waals surface area contributed by atoms with Crippen molar-refractivity contribution in [2.45, 2.75) is 51.8 Å². The molecule has 0 bridgehead atoms. The van der Waals surface area contributed by atoms with E-state index in [1.165, 1.54) is 0 Å². The van der Waals surface area contributed by atoms with Crippen molar-refractivity contribution in [3.63, 3.8) is 0 Å². The lowest BCUT2D eigenvalue weighted by Gasteiger charge is -2.20. The Morgan fingerprint density at radius 1 is 1.59 bits per heavy atom. The van der Waals surface area contributed by atoms with Gasteiger partial charge in [0.15, 0.2) is 0 Å². The molecule has 0 spiro atoms. The van der Waals surface area contributed by atoms with Crippen LogP contribution in [-0.4, -0.2) is 22.3 Å². The van der Waals surface area contributed by atoms with Crippen LogP contribution in [0.15, 0.2) is 12.5 Å². The molecule has 1 fully saturated rings. The van der Waals surface area contributed by atoms with E-state index >= 15 is 0 Å². The minimum atomic E-state index is 0.0971. The van der Waals surface area contributed by atoms with Gasteiger partial charge in [0, 0.05) is 31.3 Å². The zero-order valence-electron chi connectivity index (χ0n) is 10.8. The van der Waals surface area contributed by atoms with Gasteiger partial charge in [0.2, 0.25) is 0 Å². The van der Waals surface area contributed by atoms with Crippen LogP contribution in [0.3, 0.4) is 0 Å². The Labute approximate surface area is 103 Å². The van der Waals surface area contributed by atoms with Crippen molar-refractivity contribution >= 4 is 0 Å². The standard InChI is InChI=1S/C13H23N3O/c1-3-11(14)12-7-15-9-16(12)8-10-5-6-17-13(10)4-2/h7,9-11,13H,3-6,8,14H2,1-2H3/t10?,11-,13?/m1/s1. The van der Waals surface area contributed by atoms with Crippen molar-refractivity contribution in [1.29, 1.82) is 0 Å². The summed E-state index contributed by atoms with van der Waals surface area (Å²) in [6.45, 7) is 6.18. The van der Waals surface area contributed by atoms with E-state index in [4.69, 9.17) is 10.5 Å². The maximum Gasteiger partial charge on any atom is 0.0948 e. The van der Waals surface area contributed by atoms with E-state index in [0.717, 1.165) is 38.1 Å². The molecule has 1 aliphatic heterocycles. The lowest BCUT2D eigenvalue weighted by atomic mass is 9.99. The smallest absolute Gasteiger partial charge is 0.0948 e. The second-order valence-electron chi connectivity index (χ2n) is 4.85. The van der Waals surface area contributed by atoms with Crippen molar-refractivity contribution in [2.75, 3.05) is 6.61 Å². The van der Waals surface area contributed by atoms with Crippen LogP contribution >= 0.6 is 0 Å². The van der Waals surface area contributed by atoms with E-state index in [1.807, 2.05) is 12.5 Å². The molecule has 1 aromatic heterocycles. The number of nitrogens with two attached hydrogens (primary N) is 1. The van der Waals surface area contributed by atoms with Gasteiger partial charge in [-0.05, 0) is 19.3 Å². The van der Waals surface area contributed by atoms with Crippen LogP contribution in [0.25, 0.3) is 0 Å². The predicted octanol–water partition coefficient (Wildman–Crippen LogP) is 2.11. The highest BCUT2D eigenvalue weighted by molar-refractivity contribution is 5.04. The third-order valence-electron chi connectivity index (χ3n) is 3.74. The number of ether oxygens (including phenoxy) is 1. The van der Waals surface area contributed by atoms with Gasteiger partial charge in [-0.1, -0.05) is 13.8 Å². The Kier molecular flexibility index (Phi) is 4.18. The Hall–Kier alpha value is -0.870. The molecule has 0 aromatic carbocycles. The van der Waals surface area contributed by atoms with Gasteiger partial charge in [-0.3, -0.25) is 0 Å². The minimum absolute atomic E-state index is 0.0971. The molecular formula is C13H23N3O. The third-order valence-corrected chi connectivity index (χ3v) is 3.74. The molecule has 1 saturated heterocycles. The van der Waals surface area contributed by atoms with E-state index in [2.05, 4.69) is 23.4 Å². The van der Waals surface area contributed by atoms with Gasteiger partial charge in [-0.25, -0.2) is 4.98 Å². The number of aromatic nitrogens is 2. The molecule has 96 valence electrons. The second kappa shape index (κ2) is 5.65. The first-order chi connectivity index (χ1) is 8.26. The number of hydrogen-bond acceptors (Lipinski definition) is 3. The highest BCUT2D eigenvalue weighted by Crippen LogP contribution is 2.26. The van der Waals surface area contributed by atoms with Crippen LogP contribution in [0.2, 0.25) is 0 Å². The van der Waals surface area contributed by atoms with Crippen LogP contribution in [0, 0.1) is 5.92 Å². The Morgan fingerprint density at radius 3 is 3.12 bits per heavy atom. The average Bonchev–Trinajstić information content (AvgIpc) is 2.97. The fourth-order valence-corrected chi connectivity index (χ4v) is 2.61. The van der Waals surface area contributed by atoms with Crippen molar-refractivity contribution in [1.82, 2.24) is 9.55 Å². The molecule has 0 radical (unpaired) electrons. The van der Waals surface area contributed by atoms with Gasteiger partial charge >= 0.3 is 0 Å². The molecule has 2 rings (SSSR count). The fraction of sp³-hybridized carbons (Fsp3) is 0.769. The minimum Gasteiger partial charge on any atom is -0.378 e. The molecule has 2 N–H and O–H groups in total. The zero-order chi connectivity index (χ0) is 12.3.